The number of rotatable bonds is 5. The normalized spacial score (nSPS) is 33.7. The zero-order valence-corrected chi connectivity index (χ0v) is 12.5. The van der Waals surface area contributed by atoms with Crippen molar-refractivity contribution in [1.82, 2.24) is 4.72 Å². The summed E-state index contributed by atoms with van der Waals surface area (Å²) in [6.45, 7) is 0. The lowest BCUT2D eigenvalue weighted by atomic mass is 9.89. The lowest BCUT2D eigenvalue weighted by molar-refractivity contribution is -0.124. The van der Waals surface area contributed by atoms with Crippen LogP contribution in [-0.2, 0) is 19.6 Å². The second-order valence-corrected chi connectivity index (χ2v) is 8.28. The van der Waals surface area contributed by atoms with Gasteiger partial charge in [-0.05, 0) is 31.6 Å². The van der Waals surface area contributed by atoms with Crippen LogP contribution in [0.3, 0.4) is 0 Å². The summed E-state index contributed by atoms with van der Waals surface area (Å²) >= 11 is 0. The maximum atomic E-state index is 12.1. The third-order valence-corrected chi connectivity index (χ3v) is 6.25. The number of sulfonamides is 1. The van der Waals surface area contributed by atoms with Crippen molar-refractivity contribution in [2.24, 2.45) is 11.8 Å². The van der Waals surface area contributed by atoms with Gasteiger partial charge in [-0.25, -0.2) is 8.42 Å². The van der Waals surface area contributed by atoms with Crippen LogP contribution < -0.4 is 4.72 Å². The molecule has 3 aliphatic rings. The number of ether oxygens (including phenoxy) is 1. The second kappa shape index (κ2) is 5.64. The zero-order valence-electron chi connectivity index (χ0n) is 11.7. The highest BCUT2D eigenvalue weighted by molar-refractivity contribution is 7.90. The van der Waals surface area contributed by atoms with Crippen LogP contribution in [0.1, 0.15) is 51.4 Å². The first kappa shape index (κ1) is 14.3. The zero-order chi connectivity index (χ0) is 14.2. The molecule has 20 heavy (non-hydrogen) atoms. The largest absolute Gasteiger partial charge is 0.374 e. The summed E-state index contributed by atoms with van der Waals surface area (Å²) in [5, 5.41) is 0. The molecule has 0 aromatic heterocycles. The molecule has 6 heteroatoms. The summed E-state index contributed by atoms with van der Waals surface area (Å²) < 4.78 is 31.8. The maximum Gasteiger partial charge on any atom is 0.239 e. The van der Waals surface area contributed by atoms with E-state index in [2.05, 4.69) is 4.72 Å². The molecule has 0 radical (unpaired) electrons. The maximum absolute atomic E-state index is 12.1. The number of carbonyl (C=O) groups excluding carboxylic acids is 1. The minimum Gasteiger partial charge on any atom is -0.374 e. The van der Waals surface area contributed by atoms with Gasteiger partial charge in [0.25, 0.3) is 0 Å². The average Bonchev–Trinajstić information content (AvgIpc) is 3.13. The predicted octanol–water partition coefficient (Wildman–Crippen LogP) is 1.58. The molecule has 2 aliphatic heterocycles. The van der Waals surface area contributed by atoms with E-state index < -0.39 is 10.0 Å². The monoisotopic (exact) mass is 301 g/mol. The first-order valence-corrected chi connectivity index (χ1v) is 9.38. The van der Waals surface area contributed by atoms with E-state index in [9.17, 15) is 13.2 Å². The van der Waals surface area contributed by atoms with Crippen LogP contribution in [0.15, 0.2) is 0 Å². The number of hydrogen-bond acceptors (Lipinski definition) is 4. The van der Waals surface area contributed by atoms with Crippen molar-refractivity contribution in [3.63, 3.8) is 0 Å². The summed E-state index contributed by atoms with van der Waals surface area (Å²) in [5.74, 6) is -0.0310. The lowest BCUT2D eigenvalue weighted by Crippen LogP contribution is -2.40. The van der Waals surface area contributed by atoms with Gasteiger partial charge >= 0.3 is 0 Å². The fourth-order valence-electron chi connectivity index (χ4n) is 3.81. The van der Waals surface area contributed by atoms with E-state index in [-0.39, 0.29) is 29.8 Å². The van der Waals surface area contributed by atoms with Crippen molar-refractivity contribution < 1.29 is 17.9 Å². The molecule has 1 saturated carbocycles. The summed E-state index contributed by atoms with van der Waals surface area (Å²) in [4.78, 5) is 12.1. The topological polar surface area (TPSA) is 72.5 Å². The molecule has 0 aromatic rings. The van der Waals surface area contributed by atoms with Crippen LogP contribution in [0.5, 0.6) is 0 Å². The van der Waals surface area contributed by atoms with E-state index in [0.29, 0.717) is 18.8 Å². The van der Waals surface area contributed by atoms with E-state index in [0.717, 1.165) is 25.7 Å². The quantitative estimate of drug-likeness (QED) is 0.837. The molecule has 3 atom stereocenters. The van der Waals surface area contributed by atoms with Crippen LogP contribution in [0.4, 0.5) is 0 Å². The van der Waals surface area contributed by atoms with Gasteiger partial charge in [0.05, 0.1) is 23.9 Å². The van der Waals surface area contributed by atoms with Crippen LogP contribution in [-0.4, -0.2) is 32.3 Å². The van der Waals surface area contributed by atoms with Gasteiger partial charge in [0, 0.05) is 0 Å². The van der Waals surface area contributed by atoms with Crippen molar-refractivity contribution in [1.29, 1.82) is 0 Å². The molecule has 1 N–H and O–H groups in total. The molecule has 0 spiro atoms. The molecular formula is C14H23NO4S. The van der Waals surface area contributed by atoms with E-state index in [4.69, 9.17) is 4.74 Å². The smallest absolute Gasteiger partial charge is 0.239 e. The summed E-state index contributed by atoms with van der Waals surface area (Å²) in [6.07, 6.45) is 8.01. The van der Waals surface area contributed by atoms with E-state index in [1.54, 1.807) is 0 Å². The van der Waals surface area contributed by atoms with Crippen LogP contribution in [0.2, 0.25) is 0 Å². The highest BCUT2D eigenvalue weighted by atomic mass is 32.2. The molecule has 0 aromatic carbocycles. The SMILES string of the molecule is O=C(NS(=O)(=O)CCC1CCCC1)[C@@H]1C[C@H]2CC[C@@H]1O2. The second-order valence-electron chi connectivity index (χ2n) is 6.44. The number of amides is 1. The van der Waals surface area contributed by atoms with Crippen LogP contribution >= 0.6 is 0 Å². The Kier molecular flexibility index (Phi) is 4.04. The van der Waals surface area contributed by atoms with Gasteiger partial charge in [-0.1, -0.05) is 25.7 Å². The molecule has 5 nitrogen and oxygen atoms in total. The number of hydrogen-bond donors (Lipinski definition) is 1. The van der Waals surface area contributed by atoms with Gasteiger partial charge in [-0.15, -0.1) is 0 Å². The minimum atomic E-state index is -3.48. The van der Waals surface area contributed by atoms with Crippen molar-refractivity contribution >= 4 is 15.9 Å². The predicted molar refractivity (Wildman–Crippen MR) is 74.5 cm³/mol. The Balaban J connectivity index is 1.49. The number of carbonyl (C=O) groups is 1. The van der Waals surface area contributed by atoms with Gasteiger partial charge in [0.1, 0.15) is 0 Å². The highest BCUT2D eigenvalue weighted by Crippen LogP contribution is 2.38. The van der Waals surface area contributed by atoms with Gasteiger partial charge in [-0.2, -0.15) is 0 Å². The van der Waals surface area contributed by atoms with Gasteiger partial charge in [0.2, 0.25) is 15.9 Å². The molecule has 1 aliphatic carbocycles. The molecule has 1 amide bonds. The number of nitrogens with one attached hydrogen (secondary N) is 1. The average molecular weight is 301 g/mol. The van der Waals surface area contributed by atoms with Crippen molar-refractivity contribution in [2.45, 2.75) is 63.6 Å². The standard InChI is InChI=1S/C14H23NO4S/c16-14(12-9-11-5-6-13(12)19-11)15-20(17,18)8-7-10-3-1-2-4-10/h10-13H,1-9H2,(H,15,16)/t11-,12-,13+/m1/s1. The highest BCUT2D eigenvalue weighted by Gasteiger charge is 2.45. The molecular weight excluding hydrogens is 278 g/mol. The molecule has 2 bridgehead atoms. The third kappa shape index (κ3) is 3.17. The van der Waals surface area contributed by atoms with Crippen molar-refractivity contribution in [2.75, 3.05) is 5.75 Å². The third-order valence-electron chi connectivity index (χ3n) is 4.97. The van der Waals surface area contributed by atoms with E-state index in [1.165, 1.54) is 12.8 Å². The Labute approximate surface area is 120 Å². The van der Waals surface area contributed by atoms with Gasteiger partial charge < -0.3 is 4.74 Å². The fourth-order valence-corrected chi connectivity index (χ4v) is 5.02. The van der Waals surface area contributed by atoms with E-state index in [1.807, 2.05) is 0 Å². The molecule has 2 saturated heterocycles. The molecule has 2 heterocycles. The minimum absolute atomic E-state index is 0.0648. The lowest BCUT2D eigenvalue weighted by Gasteiger charge is -2.18. The fraction of sp³-hybridized carbons (Fsp3) is 0.929. The molecule has 114 valence electrons. The Morgan fingerprint density at radius 1 is 1.15 bits per heavy atom. The Hall–Kier alpha value is -0.620. The Bertz CT molecular complexity index is 470. The Morgan fingerprint density at radius 2 is 1.90 bits per heavy atom. The molecule has 3 rings (SSSR count). The molecule has 0 unspecified atom stereocenters. The molecule has 3 fully saturated rings. The summed E-state index contributed by atoms with van der Waals surface area (Å²) in [6, 6.07) is 0. The summed E-state index contributed by atoms with van der Waals surface area (Å²) in [7, 11) is -3.48. The van der Waals surface area contributed by atoms with Crippen LogP contribution in [0.25, 0.3) is 0 Å². The van der Waals surface area contributed by atoms with Crippen molar-refractivity contribution in [3.8, 4) is 0 Å². The number of fused-ring (bicyclic) bond motifs is 2. The Morgan fingerprint density at radius 3 is 2.50 bits per heavy atom. The van der Waals surface area contributed by atoms with E-state index >= 15 is 0 Å². The first-order valence-electron chi connectivity index (χ1n) is 7.73. The van der Waals surface area contributed by atoms with Gasteiger partial charge in [0.15, 0.2) is 0 Å². The van der Waals surface area contributed by atoms with Crippen LogP contribution in [0, 0.1) is 11.8 Å². The van der Waals surface area contributed by atoms with Gasteiger partial charge in [-0.3, -0.25) is 9.52 Å². The summed E-state index contributed by atoms with van der Waals surface area (Å²) in [5.41, 5.74) is 0. The van der Waals surface area contributed by atoms with Crippen molar-refractivity contribution in [3.05, 3.63) is 0 Å². The first-order chi connectivity index (χ1) is 9.53.